The topological polar surface area (TPSA) is 58.6 Å². The molecule has 1 unspecified atom stereocenters. The molecule has 1 aliphatic rings. The van der Waals surface area contributed by atoms with Gasteiger partial charge in [0.1, 0.15) is 0 Å². The number of carbonyl (C=O) groups excluding carboxylic acids is 2. The van der Waals surface area contributed by atoms with E-state index in [1.54, 1.807) is 7.11 Å². The molecule has 1 aliphatic heterocycles. The fourth-order valence-electron chi connectivity index (χ4n) is 2.07. The standard InChI is InChI=1S/C13H24N2O3/c1-10(2)13(3)9-11(16)15(12(13)17)7-5-14-6-8-18-4/h10,14H,5-9H2,1-4H3. The molecule has 0 radical (unpaired) electrons. The molecule has 1 N–H and O–H groups in total. The molecule has 104 valence electrons. The van der Waals surface area contributed by atoms with Crippen LogP contribution in [0.15, 0.2) is 0 Å². The molecule has 1 atom stereocenters. The maximum Gasteiger partial charge on any atom is 0.235 e. The summed E-state index contributed by atoms with van der Waals surface area (Å²) in [6, 6.07) is 0. The summed E-state index contributed by atoms with van der Waals surface area (Å²) in [5.74, 6) is 0.0983. The first kappa shape index (κ1) is 15.1. The second-order valence-corrected chi connectivity index (χ2v) is 5.34. The van der Waals surface area contributed by atoms with Crippen LogP contribution >= 0.6 is 0 Å². The number of imide groups is 1. The minimum Gasteiger partial charge on any atom is -0.383 e. The zero-order valence-corrected chi connectivity index (χ0v) is 11.8. The van der Waals surface area contributed by atoms with E-state index in [9.17, 15) is 9.59 Å². The van der Waals surface area contributed by atoms with Crippen molar-refractivity contribution in [1.29, 1.82) is 0 Å². The summed E-state index contributed by atoms with van der Waals surface area (Å²) in [5, 5.41) is 3.14. The van der Waals surface area contributed by atoms with Crippen molar-refractivity contribution in [2.75, 3.05) is 33.4 Å². The molecule has 18 heavy (non-hydrogen) atoms. The molecule has 1 saturated heterocycles. The first-order valence-electron chi connectivity index (χ1n) is 6.48. The first-order chi connectivity index (χ1) is 8.43. The lowest BCUT2D eigenvalue weighted by molar-refractivity contribution is -0.141. The number of carbonyl (C=O) groups is 2. The third-order valence-electron chi connectivity index (χ3n) is 3.82. The Kier molecular flexibility index (Phi) is 5.28. The normalized spacial score (nSPS) is 24.4. The average molecular weight is 256 g/mol. The van der Waals surface area contributed by atoms with Gasteiger partial charge in [0.25, 0.3) is 0 Å². The molecule has 0 bridgehead atoms. The predicted octanol–water partition coefficient (Wildman–Crippen LogP) is 0.644. The van der Waals surface area contributed by atoms with E-state index in [1.165, 1.54) is 4.90 Å². The van der Waals surface area contributed by atoms with Gasteiger partial charge in [0.2, 0.25) is 11.8 Å². The quantitative estimate of drug-likeness (QED) is 0.536. The van der Waals surface area contributed by atoms with Crippen molar-refractivity contribution in [2.24, 2.45) is 11.3 Å². The smallest absolute Gasteiger partial charge is 0.235 e. The Balaban J connectivity index is 2.47. The van der Waals surface area contributed by atoms with Gasteiger partial charge in [-0.25, -0.2) is 0 Å². The Morgan fingerprint density at radius 1 is 1.39 bits per heavy atom. The van der Waals surface area contributed by atoms with Crippen LogP contribution in [0.4, 0.5) is 0 Å². The zero-order valence-electron chi connectivity index (χ0n) is 11.8. The van der Waals surface area contributed by atoms with Gasteiger partial charge in [-0.05, 0) is 12.8 Å². The third-order valence-corrected chi connectivity index (χ3v) is 3.82. The number of ether oxygens (including phenoxy) is 1. The summed E-state index contributed by atoms with van der Waals surface area (Å²) >= 11 is 0. The first-order valence-corrected chi connectivity index (χ1v) is 6.48. The number of amides is 2. The SMILES string of the molecule is COCCNCCN1C(=O)CC(C)(C(C)C)C1=O. The summed E-state index contributed by atoms with van der Waals surface area (Å²) in [7, 11) is 1.64. The second-order valence-electron chi connectivity index (χ2n) is 5.34. The number of rotatable bonds is 7. The van der Waals surface area contributed by atoms with Crippen LogP contribution in [0.3, 0.4) is 0 Å². The molecule has 1 fully saturated rings. The molecule has 5 nitrogen and oxygen atoms in total. The Labute approximate surface area is 109 Å². The van der Waals surface area contributed by atoms with E-state index in [1.807, 2.05) is 20.8 Å². The van der Waals surface area contributed by atoms with Gasteiger partial charge in [-0.3, -0.25) is 14.5 Å². The lowest BCUT2D eigenvalue weighted by Crippen LogP contribution is -2.40. The number of nitrogens with one attached hydrogen (secondary N) is 1. The van der Waals surface area contributed by atoms with Crippen LogP contribution in [0.25, 0.3) is 0 Å². The summed E-state index contributed by atoms with van der Waals surface area (Å²) in [6.07, 6.45) is 0.335. The fraction of sp³-hybridized carbons (Fsp3) is 0.846. The Morgan fingerprint density at radius 3 is 2.56 bits per heavy atom. The number of likely N-dealkylation sites (tertiary alicyclic amines) is 1. The van der Waals surface area contributed by atoms with Gasteiger partial charge in [-0.2, -0.15) is 0 Å². The lowest BCUT2D eigenvalue weighted by atomic mass is 9.78. The van der Waals surface area contributed by atoms with Gasteiger partial charge in [0, 0.05) is 33.2 Å². The highest BCUT2D eigenvalue weighted by Crippen LogP contribution is 2.38. The largest absolute Gasteiger partial charge is 0.383 e. The summed E-state index contributed by atoms with van der Waals surface area (Å²) in [4.78, 5) is 25.5. The number of hydrogen-bond acceptors (Lipinski definition) is 4. The van der Waals surface area contributed by atoms with Gasteiger partial charge >= 0.3 is 0 Å². The Hall–Kier alpha value is -0.940. The van der Waals surface area contributed by atoms with E-state index in [2.05, 4.69) is 5.32 Å². The van der Waals surface area contributed by atoms with Crippen molar-refractivity contribution in [3.8, 4) is 0 Å². The molecular formula is C13H24N2O3. The van der Waals surface area contributed by atoms with Crippen molar-refractivity contribution in [1.82, 2.24) is 10.2 Å². The number of methoxy groups -OCH3 is 1. The van der Waals surface area contributed by atoms with Crippen LogP contribution in [-0.2, 0) is 14.3 Å². The van der Waals surface area contributed by atoms with Gasteiger partial charge < -0.3 is 10.1 Å². The van der Waals surface area contributed by atoms with E-state index >= 15 is 0 Å². The molecule has 1 heterocycles. The second kappa shape index (κ2) is 6.29. The molecule has 0 aromatic heterocycles. The highest BCUT2D eigenvalue weighted by molar-refractivity contribution is 6.05. The van der Waals surface area contributed by atoms with Crippen LogP contribution in [0.1, 0.15) is 27.2 Å². The molecular weight excluding hydrogens is 232 g/mol. The summed E-state index contributed by atoms with van der Waals surface area (Å²) in [5.41, 5.74) is -0.524. The zero-order chi connectivity index (χ0) is 13.8. The maximum atomic E-state index is 12.3. The molecule has 5 heteroatoms. The van der Waals surface area contributed by atoms with Crippen LogP contribution in [0, 0.1) is 11.3 Å². The minimum atomic E-state index is -0.524. The predicted molar refractivity (Wildman–Crippen MR) is 69.0 cm³/mol. The van der Waals surface area contributed by atoms with Gasteiger partial charge in [0.15, 0.2) is 0 Å². The van der Waals surface area contributed by atoms with Gasteiger partial charge in [-0.1, -0.05) is 13.8 Å². The Bertz CT molecular complexity index is 317. The molecule has 1 rings (SSSR count). The van der Waals surface area contributed by atoms with Crippen molar-refractivity contribution in [3.63, 3.8) is 0 Å². The van der Waals surface area contributed by atoms with E-state index in [0.717, 1.165) is 6.54 Å². The van der Waals surface area contributed by atoms with E-state index in [4.69, 9.17) is 4.74 Å². The summed E-state index contributed by atoms with van der Waals surface area (Å²) in [6.45, 7) is 8.30. The minimum absolute atomic E-state index is 0.0314. The summed E-state index contributed by atoms with van der Waals surface area (Å²) < 4.78 is 4.91. The van der Waals surface area contributed by atoms with Crippen LogP contribution in [0.5, 0.6) is 0 Å². The molecule has 2 amide bonds. The van der Waals surface area contributed by atoms with Crippen molar-refractivity contribution in [3.05, 3.63) is 0 Å². The highest BCUT2D eigenvalue weighted by Gasteiger charge is 2.49. The Morgan fingerprint density at radius 2 is 2.06 bits per heavy atom. The van der Waals surface area contributed by atoms with E-state index in [0.29, 0.717) is 26.1 Å². The number of nitrogens with zero attached hydrogens (tertiary/aromatic N) is 1. The monoisotopic (exact) mass is 256 g/mol. The van der Waals surface area contributed by atoms with E-state index < -0.39 is 5.41 Å². The van der Waals surface area contributed by atoms with Crippen molar-refractivity contribution < 1.29 is 14.3 Å². The molecule has 0 aromatic rings. The third kappa shape index (κ3) is 3.09. The van der Waals surface area contributed by atoms with Crippen LogP contribution in [0.2, 0.25) is 0 Å². The molecule has 0 saturated carbocycles. The van der Waals surface area contributed by atoms with E-state index in [-0.39, 0.29) is 17.7 Å². The molecule has 0 spiro atoms. The molecule has 0 aromatic carbocycles. The number of hydrogen-bond donors (Lipinski definition) is 1. The van der Waals surface area contributed by atoms with Crippen LogP contribution in [-0.4, -0.2) is 50.1 Å². The fourth-order valence-corrected chi connectivity index (χ4v) is 2.07. The van der Waals surface area contributed by atoms with Crippen LogP contribution < -0.4 is 5.32 Å². The average Bonchev–Trinajstić information content (AvgIpc) is 2.53. The highest BCUT2D eigenvalue weighted by atomic mass is 16.5. The van der Waals surface area contributed by atoms with Gasteiger partial charge in [0.05, 0.1) is 12.0 Å². The van der Waals surface area contributed by atoms with Crippen molar-refractivity contribution >= 4 is 11.8 Å². The maximum absolute atomic E-state index is 12.3. The molecule has 0 aliphatic carbocycles. The van der Waals surface area contributed by atoms with Gasteiger partial charge in [-0.15, -0.1) is 0 Å². The van der Waals surface area contributed by atoms with Crippen molar-refractivity contribution in [2.45, 2.75) is 27.2 Å². The lowest BCUT2D eigenvalue weighted by Gasteiger charge is -2.26.